The predicted octanol–water partition coefficient (Wildman–Crippen LogP) is 4.19. The highest BCUT2D eigenvalue weighted by Crippen LogP contribution is 2.29. The number of rotatable bonds is 7. The molecule has 1 atom stereocenters. The number of hydrogen-bond acceptors (Lipinski definition) is 4. The number of aromatic nitrogens is 3. The average Bonchev–Trinajstić information content (AvgIpc) is 3.39. The molecule has 2 aromatic heterocycles. The van der Waals surface area contributed by atoms with E-state index in [-0.39, 0.29) is 11.9 Å². The van der Waals surface area contributed by atoms with E-state index in [0.29, 0.717) is 19.4 Å². The molecule has 3 aromatic rings. The Labute approximate surface area is 188 Å². The molecule has 31 heavy (non-hydrogen) atoms. The van der Waals surface area contributed by atoms with Crippen molar-refractivity contribution in [1.82, 2.24) is 24.8 Å². The fraction of sp³-hybridized carbons (Fsp3) is 0.458. The Hall–Kier alpha value is -2.44. The summed E-state index contributed by atoms with van der Waals surface area (Å²) in [7, 11) is 0. The Morgan fingerprint density at radius 3 is 2.68 bits per heavy atom. The van der Waals surface area contributed by atoms with Crippen LogP contribution < -0.4 is 5.32 Å². The molecular weight excluding hydrogens is 410 g/mol. The van der Waals surface area contributed by atoms with Gasteiger partial charge in [-0.15, -0.1) is 0 Å². The molecule has 0 bridgehead atoms. The zero-order valence-corrected chi connectivity index (χ0v) is 19.2. The number of halogens is 1. The van der Waals surface area contributed by atoms with Crippen LogP contribution in [0.1, 0.15) is 53.5 Å². The van der Waals surface area contributed by atoms with Crippen LogP contribution >= 0.6 is 11.6 Å². The van der Waals surface area contributed by atoms with Crippen LogP contribution in [0.2, 0.25) is 5.02 Å². The lowest BCUT2D eigenvalue weighted by atomic mass is 10.0. The molecule has 1 aliphatic heterocycles. The normalized spacial score (nSPS) is 15.5. The van der Waals surface area contributed by atoms with E-state index in [1.165, 1.54) is 12.8 Å². The molecule has 7 heteroatoms. The average molecular weight is 440 g/mol. The van der Waals surface area contributed by atoms with Crippen LogP contribution in [-0.4, -0.2) is 45.0 Å². The Morgan fingerprint density at radius 1 is 1.19 bits per heavy atom. The van der Waals surface area contributed by atoms with Crippen molar-refractivity contribution in [3.05, 3.63) is 63.6 Å². The minimum atomic E-state index is 0.0480. The molecule has 3 heterocycles. The fourth-order valence-corrected chi connectivity index (χ4v) is 4.84. The van der Waals surface area contributed by atoms with Gasteiger partial charge in [-0.1, -0.05) is 29.8 Å². The van der Waals surface area contributed by atoms with Gasteiger partial charge in [-0.05, 0) is 70.3 Å². The first-order chi connectivity index (χ1) is 14.9. The van der Waals surface area contributed by atoms with E-state index >= 15 is 0 Å². The van der Waals surface area contributed by atoms with Crippen molar-refractivity contribution in [2.75, 3.05) is 19.6 Å². The molecule has 1 fully saturated rings. The smallest absolute Gasteiger partial charge is 0.220 e. The van der Waals surface area contributed by atoms with Crippen molar-refractivity contribution < 1.29 is 4.79 Å². The zero-order chi connectivity index (χ0) is 22.0. The molecule has 0 radical (unpaired) electrons. The van der Waals surface area contributed by atoms with E-state index in [2.05, 4.69) is 26.4 Å². The van der Waals surface area contributed by atoms with Crippen molar-refractivity contribution in [3.8, 4) is 0 Å². The van der Waals surface area contributed by atoms with Crippen LogP contribution in [-0.2, 0) is 11.2 Å². The van der Waals surface area contributed by atoms with Crippen molar-refractivity contribution in [2.45, 2.75) is 52.5 Å². The summed E-state index contributed by atoms with van der Waals surface area (Å²) in [5.41, 5.74) is 5.99. The van der Waals surface area contributed by atoms with Crippen LogP contribution in [0.15, 0.2) is 30.3 Å². The van der Waals surface area contributed by atoms with Crippen molar-refractivity contribution in [3.63, 3.8) is 0 Å². The van der Waals surface area contributed by atoms with Gasteiger partial charge in [0, 0.05) is 35.4 Å². The molecule has 0 saturated carbocycles. The number of benzene rings is 1. The minimum absolute atomic E-state index is 0.0480. The van der Waals surface area contributed by atoms with Crippen LogP contribution in [0.4, 0.5) is 0 Å². The highest BCUT2D eigenvalue weighted by Gasteiger charge is 2.25. The molecule has 1 amide bonds. The molecule has 1 aromatic carbocycles. The fourth-order valence-electron chi connectivity index (χ4n) is 4.57. The maximum atomic E-state index is 12.7. The first kappa shape index (κ1) is 21.8. The van der Waals surface area contributed by atoms with Gasteiger partial charge in [-0.25, -0.2) is 9.50 Å². The summed E-state index contributed by atoms with van der Waals surface area (Å²) in [6.07, 6.45) is 3.45. The van der Waals surface area contributed by atoms with Gasteiger partial charge in [0.1, 0.15) is 0 Å². The Balaban J connectivity index is 1.42. The summed E-state index contributed by atoms with van der Waals surface area (Å²) in [4.78, 5) is 19.8. The number of amides is 1. The summed E-state index contributed by atoms with van der Waals surface area (Å²) in [6.45, 7) is 8.66. The second-order valence-electron chi connectivity index (χ2n) is 8.40. The molecular formula is C24H30ClN5O. The number of nitrogens with one attached hydrogen (secondary N) is 1. The van der Waals surface area contributed by atoms with E-state index in [0.717, 1.165) is 52.0 Å². The summed E-state index contributed by atoms with van der Waals surface area (Å²) in [5.74, 6) is 0.0480. The Morgan fingerprint density at radius 2 is 1.94 bits per heavy atom. The van der Waals surface area contributed by atoms with E-state index in [9.17, 15) is 4.79 Å². The summed E-state index contributed by atoms with van der Waals surface area (Å²) in [6, 6.07) is 10.0. The predicted molar refractivity (Wildman–Crippen MR) is 124 cm³/mol. The SMILES string of the molecule is Cc1cc2nc(C)c(CCC(=O)NC[C@H](c3ccccc3Cl)N3CCCC3)c(C)n2n1. The topological polar surface area (TPSA) is 62.5 Å². The maximum absolute atomic E-state index is 12.7. The van der Waals surface area contributed by atoms with Gasteiger partial charge in [0.15, 0.2) is 5.65 Å². The lowest BCUT2D eigenvalue weighted by Gasteiger charge is -2.29. The molecule has 1 N–H and O–H groups in total. The number of fused-ring (bicyclic) bond motifs is 1. The lowest BCUT2D eigenvalue weighted by Crippen LogP contribution is -2.37. The number of nitrogens with zero attached hydrogens (tertiary/aromatic N) is 4. The first-order valence-electron chi connectivity index (χ1n) is 11.0. The Bertz CT molecular complexity index is 1090. The van der Waals surface area contributed by atoms with Crippen LogP contribution in [0.3, 0.4) is 0 Å². The number of likely N-dealkylation sites (tertiary alicyclic amines) is 1. The number of aryl methyl sites for hydroxylation is 3. The number of carbonyl (C=O) groups excluding carboxylic acids is 1. The maximum Gasteiger partial charge on any atom is 0.220 e. The molecule has 0 unspecified atom stereocenters. The molecule has 164 valence electrons. The summed E-state index contributed by atoms with van der Waals surface area (Å²) < 4.78 is 1.87. The molecule has 6 nitrogen and oxygen atoms in total. The van der Waals surface area contributed by atoms with E-state index in [4.69, 9.17) is 11.6 Å². The van der Waals surface area contributed by atoms with Crippen molar-refractivity contribution in [2.24, 2.45) is 0 Å². The quantitative estimate of drug-likeness (QED) is 0.599. The monoisotopic (exact) mass is 439 g/mol. The molecule has 1 aliphatic rings. The van der Waals surface area contributed by atoms with Gasteiger partial charge in [-0.3, -0.25) is 9.69 Å². The number of carbonyl (C=O) groups is 1. The van der Waals surface area contributed by atoms with E-state index in [1.54, 1.807) is 0 Å². The summed E-state index contributed by atoms with van der Waals surface area (Å²) >= 11 is 6.48. The highest BCUT2D eigenvalue weighted by molar-refractivity contribution is 6.31. The highest BCUT2D eigenvalue weighted by atomic mass is 35.5. The lowest BCUT2D eigenvalue weighted by molar-refractivity contribution is -0.121. The second kappa shape index (κ2) is 9.37. The van der Waals surface area contributed by atoms with Crippen LogP contribution in [0.5, 0.6) is 0 Å². The first-order valence-corrected chi connectivity index (χ1v) is 11.4. The van der Waals surface area contributed by atoms with Gasteiger partial charge in [0.25, 0.3) is 0 Å². The van der Waals surface area contributed by atoms with Gasteiger partial charge in [0.05, 0.1) is 11.7 Å². The van der Waals surface area contributed by atoms with Crippen LogP contribution in [0, 0.1) is 20.8 Å². The standard InChI is InChI=1S/C24H30ClN5O/c1-16-14-23-27-17(2)19(18(3)30(23)28-16)10-11-24(31)26-15-22(29-12-6-7-13-29)20-8-4-5-9-21(20)25/h4-5,8-9,14,22H,6-7,10-13,15H2,1-3H3,(H,26,31)/t22-/m1/s1. The molecule has 4 rings (SSSR count). The third-order valence-electron chi connectivity index (χ3n) is 6.23. The van der Waals surface area contributed by atoms with Gasteiger partial charge in [-0.2, -0.15) is 5.10 Å². The van der Waals surface area contributed by atoms with Crippen molar-refractivity contribution in [1.29, 1.82) is 0 Å². The van der Waals surface area contributed by atoms with Gasteiger partial charge < -0.3 is 5.32 Å². The van der Waals surface area contributed by atoms with Crippen molar-refractivity contribution >= 4 is 23.2 Å². The minimum Gasteiger partial charge on any atom is -0.354 e. The number of hydrogen-bond donors (Lipinski definition) is 1. The van der Waals surface area contributed by atoms with E-state index < -0.39 is 0 Å². The van der Waals surface area contributed by atoms with E-state index in [1.807, 2.05) is 49.6 Å². The third-order valence-corrected chi connectivity index (χ3v) is 6.57. The third kappa shape index (κ3) is 4.75. The summed E-state index contributed by atoms with van der Waals surface area (Å²) in [5, 5.41) is 8.43. The molecule has 1 saturated heterocycles. The zero-order valence-electron chi connectivity index (χ0n) is 18.5. The second-order valence-corrected chi connectivity index (χ2v) is 8.81. The van der Waals surface area contributed by atoms with Gasteiger partial charge in [0.2, 0.25) is 5.91 Å². The van der Waals surface area contributed by atoms with Crippen LogP contribution in [0.25, 0.3) is 5.65 Å². The Kier molecular flexibility index (Phi) is 6.58. The molecule has 0 spiro atoms. The van der Waals surface area contributed by atoms with Gasteiger partial charge >= 0.3 is 0 Å². The largest absolute Gasteiger partial charge is 0.354 e. The molecule has 0 aliphatic carbocycles.